The third-order valence-electron chi connectivity index (χ3n) is 1.44. The molecule has 0 fully saturated rings. The van der Waals surface area contributed by atoms with Crippen molar-refractivity contribution in [2.75, 3.05) is 19.4 Å². The number of aromatic amines is 1. The van der Waals surface area contributed by atoms with Gasteiger partial charge >= 0.3 is 0 Å². The predicted molar refractivity (Wildman–Crippen MR) is 47.0 cm³/mol. The Kier molecular flexibility index (Phi) is 4.06. The van der Waals surface area contributed by atoms with E-state index in [1.807, 2.05) is 7.05 Å². The number of likely N-dealkylation sites (N-methyl/N-ethyl adjacent to an activating group) is 1. The number of nitrogens with zero attached hydrogens (tertiary/aromatic N) is 2. The molecule has 0 aromatic carbocycles. The Labute approximate surface area is 75.0 Å². The highest BCUT2D eigenvalue weighted by Crippen LogP contribution is 2.11. The first-order valence-corrected chi connectivity index (χ1v) is 4.61. The molecular formula is C6H12N4OS. The Hall–Kier alpha value is -0.590. The number of thioether (sulfide) groups is 1. The fraction of sp³-hybridized carbons (Fsp3) is 0.667. The summed E-state index contributed by atoms with van der Waals surface area (Å²) in [6.45, 7) is 0.137. The summed E-state index contributed by atoms with van der Waals surface area (Å²) in [7, 11) is 1.82. The van der Waals surface area contributed by atoms with E-state index in [2.05, 4.69) is 20.5 Å². The first-order valence-electron chi connectivity index (χ1n) is 3.63. The zero-order valence-electron chi connectivity index (χ0n) is 6.82. The first-order chi connectivity index (χ1) is 5.86. The van der Waals surface area contributed by atoms with Crippen molar-refractivity contribution in [2.24, 2.45) is 0 Å². The highest BCUT2D eigenvalue weighted by molar-refractivity contribution is 7.99. The Morgan fingerprint density at radius 2 is 2.67 bits per heavy atom. The highest BCUT2D eigenvalue weighted by atomic mass is 32.2. The normalized spacial score (nSPS) is 13.2. The number of hydrogen-bond donors (Lipinski definition) is 3. The summed E-state index contributed by atoms with van der Waals surface area (Å²) in [5.74, 6) is 0.780. The van der Waals surface area contributed by atoms with Crippen LogP contribution >= 0.6 is 11.8 Å². The number of hydrogen-bond acceptors (Lipinski definition) is 5. The summed E-state index contributed by atoms with van der Waals surface area (Å²) in [5, 5.41) is 19.0. The second-order valence-electron chi connectivity index (χ2n) is 2.27. The molecule has 0 spiro atoms. The quantitative estimate of drug-likeness (QED) is 0.542. The minimum absolute atomic E-state index is 0.111. The van der Waals surface area contributed by atoms with Crippen LogP contribution in [-0.4, -0.2) is 45.7 Å². The lowest BCUT2D eigenvalue weighted by molar-refractivity contribution is 0.260. The predicted octanol–water partition coefficient (Wildman–Crippen LogP) is -0.523. The number of rotatable bonds is 5. The fourth-order valence-electron chi connectivity index (χ4n) is 0.671. The van der Waals surface area contributed by atoms with Gasteiger partial charge in [-0.15, -0.1) is 0 Å². The van der Waals surface area contributed by atoms with Gasteiger partial charge in [-0.1, -0.05) is 11.8 Å². The van der Waals surface area contributed by atoms with Crippen molar-refractivity contribution >= 4 is 11.8 Å². The van der Waals surface area contributed by atoms with E-state index in [0.717, 1.165) is 10.9 Å². The molecule has 1 unspecified atom stereocenters. The van der Waals surface area contributed by atoms with E-state index in [1.54, 1.807) is 0 Å². The van der Waals surface area contributed by atoms with Crippen molar-refractivity contribution in [2.45, 2.75) is 11.2 Å². The van der Waals surface area contributed by atoms with Gasteiger partial charge in [-0.3, -0.25) is 5.10 Å². The molecule has 3 N–H and O–H groups in total. The van der Waals surface area contributed by atoms with Crippen LogP contribution in [0.15, 0.2) is 11.5 Å². The molecule has 0 saturated heterocycles. The van der Waals surface area contributed by atoms with E-state index in [-0.39, 0.29) is 12.6 Å². The van der Waals surface area contributed by atoms with Crippen molar-refractivity contribution in [3.8, 4) is 0 Å². The SMILES string of the molecule is CNC(CO)CSc1ncn[nH]1. The van der Waals surface area contributed by atoms with Crippen molar-refractivity contribution in [3.63, 3.8) is 0 Å². The van der Waals surface area contributed by atoms with Gasteiger partial charge in [0.2, 0.25) is 0 Å². The molecule has 68 valence electrons. The number of aliphatic hydroxyl groups is 1. The summed E-state index contributed by atoms with van der Waals surface area (Å²) >= 11 is 1.53. The summed E-state index contributed by atoms with van der Waals surface area (Å²) in [6.07, 6.45) is 1.47. The molecule has 0 aliphatic heterocycles. The van der Waals surface area contributed by atoms with E-state index < -0.39 is 0 Å². The average molecular weight is 188 g/mol. The lowest BCUT2D eigenvalue weighted by Gasteiger charge is -2.10. The molecule has 0 bridgehead atoms. The summed E-state index contributed by atoms with van der Waals surface area (Å²) in [4.78, 5) is 3.94. The van der Waals surface area contributed by atoms with Crippen LogP contribution in [0.25, 0.3) is 0 Å². The summed E-state index contributed by atoms with van der Waals surface area (Å²) in [6, 6.07) is 0.111. The summed E-state index contributed by atoms with van der Waals surface area (Å²) in [5.41, 5.74) is 0. The number of nitrogens with one attached hydrogen (secondary N) is 2. The van der Waals surface area contributed by atoms with Gasteiger partial charge in [0, 0.05) is 11.8 Å². The molecular weight excluding hydrogens is 176 g/mol. The molecule has 6 heteroatoms. The second-order valence-corrected chi connectivity index (χ2v) is 3.28. The van der Waals surface area contributed by atoms with Crippen LogP contribution < -0.4 is 5.32 Å². The zero-order chi connectivity index (χ0) is 8.81. The molecule has 0 aliphatic rings. The van der Waals surface area contributed by atoms with Gasteiger partial charge in [-0.05, 0) is 7.05 Å². The smallest absolute Gasteiger partial charge is 0.183 e. The lowest BCUT2D eigenvalue weighted by Crippen LogP contribution is -2.31. The maximum Gasteiger partial charge on any atom is 0.183 e. The van der Waals surface area contributed by atoms with Crippen LogP contribution in [-0.2, 0) is 0 Å². The number of aliphatic hydroxyl groups excluding tert-OH is 1. The van der Waals surface area contributed by atoms with Gasteiger partial charge in [0.05, 0.1) is 6.61 Å². The number of aromatic nitrogens is 3. The molecule has 12 heavy (non-hydrogen) atoms. The minimum atomic E-state index is 0.111. The Morgan fingerprint density at radius 1 is 1.83 bits per heavy atom. The minimum Gasteiger partial charge on any atom is -0.395 e. The van der Waals surface area contributed by atoms with Gasteiger partial charge in [-0.25, -0.2) is 4.98 Å². The molecule has 1 aromatic rings. The van der Waals surface area contributed by atoms with Crippen molar-refractivity contribution in [3.05, 3.63) is 6.33 Å². The first kappa shape index (κ1) is 9.50. The standard InChI is InChI=1S/C6H12N4OS/c1-7-5(2-11)3-12-6-8-4-9-10-6/h4-5,7,11H,2-3H2,1H3,(H,8,9,10). The largest absolute Gasteiger partial charge is 0.395 e. The van der Waals surface area contributed by atoms with Gasteiger partial charge < -0.3 is 10.4 Å². The third kappa shape index (κ3) is 2.80. The Morgan fingerprint density at radius 3 is 3.17 bits per heavy atom. The van der Waals surface area contributed by atoms with E-state index in [9.17, 15) is 0 Å². The monoisotopic (exact) mass is 188 g/mol. The van der Waals surface area contributed by atoms with E-state index in [1.165, 1.54) is 18.1 Å². The van der Waals surface area contributed by atoms with Gasteiger partial charge in [0.25, 0.3) is 0 Å². The van der Waals surface area contributed by atoms with E-state index >= 15 is 0 Å². The van der Waals surface area contributed by atoms with Gasteiger partial charge in [0.1, 0.15) is 6.33 Å². The molecule has 1 aromatic heterocycles. The van der Waals surface area contributed by atoms with Crippen LogP contribution in [0.1, 0.15) is 0 Å². The molecule has 0 amide bonds. The molecule has 1 atom stereocenters. The fourth-order valence-corrected chi connectivity index (χ4v) is 1.54. The Bertz CT molecular complexity index is 199. The molecule has 1 rings (SSSR count). The topological polar surface area (TPSA) is 73.8 Å². The highest BCUT2D eigenvalue weighted by Gasteiger charge is 2.05. The number of H-pyrrole nitrogens is 1. The molecule has 0 saturated carbocycles. The molecule has 1 heterocycles. The van der Waals surface area contributed by atoms with Crippen LogP contribution in [0.3, 0.4) is 0 Å². The zero-order valence-corrected chi connectivity index (χ0v) is 7.64. The molecule has 0 radical (unpaired) electrons. The van der Waals surface area contributed by atoms with Gasteiger partial charge in [-0.2, -0.15) is 5.10 Å². The maximum absolute atomic E-state index is 8.83. The van der Waals surface area contributed by atoms with Crippen LogP contribution in [0.4, 0.5) is 0 Å². The third-order valence-corrected chi connectivity index (χ3v) is 2.48. The van der Waals surface area contributed by atoms with Crippen molar-refractivity contribution < 1.29 is 5.11 Å². The van der Waals surface area contributed by atoms with Crippen LogP contribution in [0.5, 0.6) is 0 Å². The average Bonchev–Trinajstić information content (AvgIpc) is 2.59. The molecule has 5 nitrogen and oxygen atoms in total. The van der Waals surface area contributed by atoms with Crippen molar-refractivity contribution in [1.29, 1.82) is 0 Å². The van der Waals surface area contributed by atoms with E-state index in [0.29, 0.717) is 0 Å². The summed E-state index contributed by atoms with van der Waals surface area (Å²) < 4.78 is 0. The van der Waals surface area contributed by atoms with Crippen molar-refractivity contribution in [1.82, 2.24) is 20.5 Å². The lowest BCUT2D eigenvalue weighted by atomic mass is 10.4. The maximum atomic E-state index is 8.83. The van der Waals surface area contributed by atoms with E-state index in [4.69, 9.17) is 5.11 Å². The Balaban J connectivity index is 2.25. The van der Waals surface area contributed by atoms with Crippen LogP contribution in [0, 0.1) is 0 Å². The second kappa shape index (κ2) is 5.13. The van der Waals surface area contributed by atoms with Gasteiger partial charge in [0.15, 0.2) is 5.16 Å². The molecule has 0 aliphatic carbocycles. The van der Waals surface area contributed by atoms with Crippen LogP contribution in [0.2, 0.25) is 0 Å².